The first-order valence-corrected chi connectivity index (χ1v) is 6.26. The summed E-state index contributed by atoms with van der Waals surface area (Å²) in [5.74, 6) is 1.10. The highest BCUT2D eigenvalue weighted by Gasteiger charge is 2.18. The van der Waals surface area contributed by atoms with Gasteiger partial charge in [-0.25, -0.2) is 5.10 Å². The molecule has 116 valence electrons. The van der Waals surface area contributed by atoms with Gasteiger partial charge in [-0.1, -0.05) is 0 Å². The second-order valence-corrected chi connectivity index (χ2v) is 4.32. The first kappa shape index (κ1) is 15.4. The van der Waals surface area contributed by atoms with Crippen LogP contribution in [0.2, 0.25) is 0 Å². The molecule has 0 bridgehead atoms. The van der Waals surface area contributed by atoms with Crippen molar-refractivity contribution in [1.82, 2.24) is 10.2 Å². The van der Waals surface area contributed by atoms with Crippen molar-refractivity contribution in [3.8, 4) is 28.5 Å². The minimum atomic E-state index is -0.539. The Hall–Kier alpha value is -3.03. The van der Waals surface area contributed by atoms with Gasteiger partial charge in [0, 0.05) is 12.1 Å². The van der Waals surface area contributed by atoms with Crippen molar-refractivity contribution in [2.75, 3.05) is 21.3 Å². The molecule has 2 aromatic rings. The van der Waals surface area contributed by atoms with E-state index in [0.717, 1.165) is 0 Å². The van der Waals surface area contributed by atoms with E-state index in [1.807, 2.05) is 0 Å². The Morgan fingerprint density at radius 1 is 1.14 bits per heavy atom. The number of rotatable bonds is 5. The van der Waals surface area contributed by atoms with Gasteiger partial charge in [-0.2, -0.15) is 5.10 Å². The molecule has 22 heavy (non-hydrogen) atoms. The van der Waals surface area contributed by atoms with Crippen LogP contribution in [-0.2, 0) is 0 Å². The third kappa shape index (κ3) is 2.71. The fourth-order valence-electron chi connectivity index (χ4n) is 1.99. The van der Waals surface area contributed by atoms with Gasteiger partial charge in [-0.05, 0) is 6.07 Å². The molecule has 0 aliphatic carbocycles. The molecule has 0 amide bonds. The number of hydrogen-bond acceptors (Lipinski definition) is 6. The third-order valence-corrected chi connectivity index (χ3v) is 3.06. The van der Waals surface area contributed by atoms with Gasteiger partial charge in [0.15, 0.2) is 0 Å². The third-order valence-electron chi connectivity index (χ3n) is 3.06. The van der Waals surface area contributed by atoms with Crippen molar-refractivity contribution in [3.63, 3.8) is 0 Å². The summed E-state index contributed by atoms with van der Waals surface area (Å²) < 4.78 is 15.9. The Kier molecular flexibility index (Phi) is 4.31. The molecule has 0 radical (unpaired) electrons. The number of H-pyrrole nitrogens is 1. The summed E-state index contributed by atoms with van der Waals surface area (Å²) >= 11 is 0. The van der Waals surface area contributed by atoms with E-state index in [0.29, 0.717) is 28.5 Å². The largest absolute Gasteiger partial charge is 0.496 e. The number of nitrogens with one attached hydrogen (secondary N) is 2. The molecule has 1 aromatic heterocycles. The average Bonchev–Trinajstić information content (AvgIpc) is 2.53. The van der Waals surface area contributed by atoms with Gasteiger partial charge >= 0.3 is 0 Å². The number of aromatic nitrogens is 2. The highest BCUT2D eigenvalue weighted by atomic mass is 16.5. The van der Waals surface area contributed by atoms with Crippen LogP contribution < -0.4 is 25.5 Å². The maximum absolute atomic E-state index is 11.6. The van der Waals surface area contributed by atoms with Gasteiger partial charge in [0.25, 0.3) is 5.56 Å². The first-order chi connectivity index (χ1) is 10.5. The van der Waals surface area contributed by atoms with Crippen LogP contribution >= 0.6 is 0 Å². The summed E-state index contributed by atoms with van der Waals surface area (Å²) in [4.78, 5) is 11.6. The number of methoxy groups -OCH3 is 3. The number of nitrogen functional groups attached to an aromatic ring is 1. The van der Waals surface area contributed by atoms with E-state index in [1.165, 1.54) is 27.4 Å². The first-order valence-electron chi connectivity index (χ1n) is 6.26. The molecule has 1 heterocycles. The summed E-state index contributed by atoms with van der Waals surface area (Å²) in [5, 5.41) is 13.7. The Morgan fingerprint density at radius 3 is 2.18 bits per heavy atom. The van der Waals surface area contributed by atoms with Crippen molar-refractivity contribution in [2.24, 2.45) is 5.73 Å². The molecule has 0 unspecified atom stereocenters. The molecule has 8 heteroatoms. The quantitative estimate of drug-likeness (QED) is 0.553. The molecule has 0 saturated carbocycles. The van der Waals surface area contributed by atoms with Crippen LogP contribution in [0.3, 0.4) is 0 Å². The molecule has 2 rings (SSSR count). The summed E-state index contributed by atoms with van der Waals surface area (Å²) in [5.41, 5.74) is 5.76. The van der Waals surface area contributed by atoms with Crippen LogP contribution in [0.25, 0.3) is 11.3 Å². The topological polar surface area (TPSA) is 123 Å². The maximum Gasteiger partial charge on any atom is 0.275 e. The summed E-state index contributed by atoms with van der Waals surface area (Å²) in [7, 11) is 4.52. The number of nitrogens with two attached hydrogens (primary N) is 1. The Balaban J connectivity index is 2.73. The van der Waals surface area contributed by atoms with E-state index in [2.05, 4.69) is 10.2 Å². The summed E-state index contributed by atoms with van der Waals surface area (Å²) in [6.45, 7) is 0. The SMILES string of the molecule is COc1cc(OC)c(-c2cc(C(=N)N)c(=O)[nH]n2)c(OC)c1. The van der Waals surface area contributed by atoms with Crippen LogP contribution in [-0.4, -0.2) is 37.4 Å². The zero-order valence-electron chi connectivity index (χ0n) is 12.4. The zero-order valence-corrected chi connectivity index (χ0v) is 12.4. The van der Waals surface area contributed by atoms with Crippen molar-refractivity contribution in [3.05, 3.63) is 34.1 Å². The lowest BCUT2D eigenvalue weighted by atomic mass is 10.1. The van der Waals surface area contributed by atoms with Crippen LogP contribution in [0, 0.1) is 5.41 Å². The van der Waals surface area contributed by atoms with Gasteiger partial charge in [0.1, 0.15) is 23.1 Å². The predicted molar refractivity (Wildman–Crippen MR) is 81.0 cm³/mol. The number of hydrogen-bond donors (Lipinski definition) is 3. The maximum atomic E-state index is 11.6. The fourth-order valence-corrected chi connectivity index (χ4v) is 1.99. The molecule has 0 atom stereocenters. The van der Waals surface area contributed by atoms with E-state index < -0.39 is 5.56 Å². The van der Waals surface area contributed by atoms with Gasteiger partial charge in [0.2, 0.25) is 0 Å². The summed E-state index contributed by atoms with van der Waals surface area (Å²) in [6.07, 6.45) is 0. The zero-order chi connectivity index (χ0) is 16.3. The molecule has 0 spiro atoms. The van der Waals surface area contributed by atoms with Crippen LogP contribution in [0.1, 0.15) is 5.56 Å². The standard InChI is InChI=1S/C14H16N4O4/c1-20-7-4-10(21-2)12(11(5-7)22-3)9-6-8(13(15)16)14(19)18-17-9/h4-6H,1-3H3,(H3,15,16)(H,18,19). The molecule has 0 aliphatic heterocycles. The van der Waals surface area contributed by atoms with Gasteiger partial charge in [-0.3, -0.25) is 10.2 Å². The van der Waals surface area contributed by atoms with Gasteiger partial charge in [-0.15, -0.1) is 0 Å². The highest BCUT2D eigenvalue weighted by molar-refractivity contribution is 5.95. The Morgan fingerprint density at radius 2 is 1.73 bits per heavy atom. The minimum absolute atomic E-state index is 0.0184. The van der Waals surface area contributed by atoms with Crippen molar-refractivity contribution < 1.29 is 14.2 Å². The lowest BCUT2D eigenvalue weighted by Crippen LogP contribution is -2.24. The monoisotopic (exact) mass is 304 g/mol. The Labute approximate surface area is 126 Å². The minimum Gasteiger partial charge on any atom is -0.496 e. The number of aromatic amines is 1. The van der Waals surface area contributed by atoms with Crippen LogP contribution in [0.5, 0.6) is 17.2 Å². The molecule has 0 saturated heterocycles. The van der Waals surface area contributed by atoms with E-state index >= 15 is 0 Å². The van der Waals surface area contributed by atoms with Crippen molar-refractivity contribution in [1.29, 1.82) is 5.41 Å². The molecule has 0 aliphatic rings. The highest BCUT2D eigenvalue weighted by Crippen LogP contribution is 2.40. The van der Waals surface area contributed by atoms with Gasteiger partial charge < -0.3 is 19.9 Å². The number of nitrogens with zero attached hydrogens (tertiary/aromatic N) is 1. The van der Waals surface area contributed by atoms with E-state index in [9.17, 15) is 4.79 Å². The van der Waals surface area contributed by atoms with Crippen LogP contribution in [0.15, 0.2) is 23.0 Å². The second-order valence-electron chi connectivity index (χ2n) is 4.32. The second kappa shape index (κ2) is 6.17. The fraction of sp³-hybridized carbons (Fsp3) is 0.214. The van der Waals surface area contributed by atoms with Crippen molar-refractivity contribution >= 4 is 5.84 Å². The van der Waals surface area contributed by atoms with Crippen molar-refractivity contribution in [2.45, 2.75) is 0 Å². The smallest absolute Gasteiger partial charge is 0.275 e. The molecule has 4 N–H and O–H groups in total. The lowest BCUT2D eigenvalue weighted by molar-refractivity contribution is 0.377. The van der Waals surface area contributed by atoms with E-state index in [1.54, 1.807) is 12.1 Å². The lowest BCUT2D eigenvalue weighted by Gasteiger charge is -2.14. The van der Waals surface area contributed by atoms with Gasteiger partial charge in [0.05, 0.1) is 38.2 Å². The normalized spacial score (nSPS) is 10.1. The molecule has 8 nitrogen and oxygen atoms in total. The molecular formula is C14H16N4O4. The molecule has 1 aromatic carbocycles. The number of ether oxygens (including phenoxy) is 3. The summed E-state index contributed by atoms with van der Waals surface area (Å²) in [6, 6.07) is 4.74. The molecule has 0 fully saturated rings. The number of benzene rings is 1. The van der Waals surface area contributed by atoms with E-state index in [-0.39, 0.29) is 11.4 Å². The van der Waals surface area contributed by atoms with E-state index in [4.69, 9.17) is 25.4 Å². The average molecular weight is 304 g/mol. The predicted octanol–water partition coefficient (Wildman–Crippen LogP) is 0.747. The Bertz CT molecular complexity index is 745. The molecular weight excluding hydrogens is 288 g/mol. The van der Waals surface area contributed by atoms with Crippen LogP contribution in [0.4, 0.5) is 0 Å². The number of amidine groups is 1.